The Kier molecular flexibility index (Phi) is 4.48. The van der Waals surface area contributed by atoms with Gasteiger partial charge in [-0.25, -0.2) is 12.7 Å². The van der Waals surface area contributed by atoms with Crippen molar-refractivity contribution in [1.29, 1.82) is 0 Å². The van der Waals surface area contributed by atoms with Crippen molar-refractivity contribution in [2.24, 2.45) is 0 Å². The van der Waals surface area contributed by atoms with Gasteiger partial charge in [0.25, 0.3) is 15.9 Å². The van der Waals surface area contributed by atoms with Gasteiger partial charge in [0, 0.05) is 5.57 Å². The maximum Gasteiger partial charge on any atom is 0.268 e. The average molecular weight is 379 g/mol. The highest BCUT2D eigenvalue weighted by atomic mass is 32.2. The van der Waals surface area contributed by atoms with E-state index in [0.717, 1.165) is 40.3 Å². The second kappa shape index (κ2) is 6.82. The van der Waals surface area contributed by atoms with E-state index in [-0.39, 0.29) is 4.90 Å². The molecule has 0 spiro atoms. The second-order valence-electron chi connectivity index (χ2n) is 6.87. The van der Waals surface area contributed by atoms with Crippen molar-refractivity contribution in [3.05, 3.63) is 84.0 Å². The van der Waals surface area contributed by atoms with Crippen LogP contribution < -0.4 is 0 Å². The van der Waals surface area contributed by atoms with E-state index in [1.807, 2.05) is 24.3 Å². The third kappa shape index (κ3) is 2.82. The van der Waals surface area contributed by atoms with Crippen LogP contribution in [-0.2, 0) is 21.2 Å². The molecule has 4 nitrogen and oxygen atoms in total. The Morgan fingerprint density at radius 3 is 2.48 bits per heavy atom. The highest BCUT2D eigenvalue weighted by molar-refractivity contribution is 7.89. The standard InChI is InChI=1S/C22H21NO3S/c1-2-9-20-19-15-8-11-16-10-6-7-14-18(16)21(19)22(24)23(20)27(25,26)17-12-4-3-5-13-17/h2-7,10,12-14,20H,1,8-9,11,15H2. The Bertz CT molecular complexity index is 1040. The molecule has 2 aromatic rings. The molecule has 4 rings (SSSR count). The van der Waals surface area contributed by atoms with Crippen LogP contribution in [0.25, 0.3) is 5.57 Å². The van der Waals surface area contributed by atoms with E-state index in [1.54, 1.807) is 24.3 Å². The lowest BCUT2D eigenvalue weighted by atomic mass is 9.95. The zero-order valence-electron chi connectivity index (χ0n) is 15.0. The van der Waals surface area contributed by atoms with E-state index >= 15 is 0 Å². The van der Waals surface area contributed by atoms with Gasteiger partial charge in [-0.3, -0.25) is 4.79 Å². The first kappa shape index (κ1) is 17.7. The first-order valence-corrected chi connectivity index (χ1v) is 10.6. The Balaban J connectivity index is 1.88. The Morgan fingerprint density at radius 2 is 1.74 bits per heavy atom. The summed E-state index contributed by atoms with van der Waals surface area (Å²) in [5, 5.41) is 0. The van der Waals surface area contributed by atoms with Gasteiger partial charge in [0.2, 0.25) is 0 Å². The fourth-order valence-corrected chi connectivity index (χ4v) is 5.69. The van der Waals surface area contributed by atoms with Crippen LogP contribution in [-0.4, -0.2) is 24.7 Å². The second-order valence-corrected chi connectivity index (χ2v) is 8.69. The van der Waals surface area contributed by atoms with E-state index in [2.05, 4.69) is 6.58 Å². The van der Waals surface area contributed by atoms with Crippen LogP contribution in [0.1, 0.15) is 30.4 Å². The molecule has 1 aliphatic heterocycles. The first-order valence-electron chi connectivity index (χ1n) is 9.11. The number of aryl methyl sites for hydroxylation is 1. The number of carbonyl (C=O) groups is 1. The van der Waals surface area contributed by atoms with E-state index in [0.29, 0.717) is 12.0 Å². The van der Waals surface area contributed by atoms with Gasteiger partial charge in [0.05, 0.1) is 10.9 Å². The zero-order chi connectivity index (χ0) is 19.0. The SMILES string of the molecule is C=CCC1C2=C(C(=O)N1S(=O)(=O)c1ccccc1)c1ccccc1CCC2. The fraction of sp³-hybridized carbons (Fsp3) is 0.227. The monoisotopic (exact) mass is 379 g/mol. The van der Waals surface area contributed by atoms with E-state index in [1.165, 1.54) is 12.1 Å². The Labute approximate surface area is 159 Å². The Hall–Kier alpha value is -2.66. The minimum atomic E-state index is -3.94. The largest absolute Gasteiger partial charge is 0.268 e. The van der Waals surface area contributed by atoms with Gasteiger partial charge in [-0.05, 0) is 54.5 Å². The van der Waals surface area contributed by atoms with Gasteiger partial charge in [0.15, 0.2) is 0 Å². The molecule has 0 bridgehead atoms. The van der Waals surface area contributed by atoms with Crippen molar-refractivity contribution in [3.63, 3.8) is 0 Å². The summed E-state index contributed by atoms with van der Waals surface area (Å²) in [6.07, 6.45) is 4.62. The third-order valence-electron chi connectivity index (χ3n) is 5.29. The quantitative estimate of drug-likeness (QED) is 0.756. The van der Waals surface area contributed by atoms with Gasteiger partial charge in [-0.15, -0.1) is 6.58 Å². The molecule has 0 N–H and O–H groups in total. The first-order chi connectivity index (χ1) is 13.1. The molecular formula is C22H21NO3S. The number of nitrogens with zero attached hydrogens (tertiary/aromatic N) is 1. The molecule has 1 heterocycles. The molecule has 0 saturated heterocycles. The van der Waals surface area contributed by atoms with Gasteiger partial charge in [0.1, 0.15) is 0 Å². The third-order valence-corrected chi connectivity index (χ3v) is 7.10. The fourth-order valence-electron chi connectivity index (χ4n) is 4.11. The molecule has 138 valence electrons. The minimum absolute atomic E-state index is 0.137. The molecule has 0 radical (unpaired) electrons. The van der Waals surface area contributed by atoms with Crippen molar-refractivity contribution >= 4 is 21.5 Å². The topological polar surface area (TPSA) is 54.5 Å². The highest BCUT2D eigenvalue weighted by Crippen LogP contribution is 2.43. The average Bonchev–Trinajstić information content (AvgIpc) is 2.83. The summed E-state index contributed by atoms with van der Waals surface area (Å²) in [7, 11) is -3.94. The summed E-state index contributed by atoms with van der Waals surface area (Å²) in [6.45, 7) is 3.79. The van der Waals surface area contributed by atoms with Crippen LogP contribution in [0.5, 0.6) is 0 Å². The predicted molar refractivity (Wildman–Crippen MR) is 105 cm³/mol. The summed E-state index contributed by atoms with van der Waals surface area (Å²) in [5.41, 5.74) is 3.46. The normalized spacial score (nSPS) is 19.5. The molecule has 0 fully saturated rings. The number of rotatable bonds is 4. The van der Waals surface area contributed by atoms with Crippen LogP contribution in [0.15, 0.2) is 77.7 Å². The van der Waals surface area contributed by atoms with Crippen molar-refractivity contribution in [1.82, 2.24) is 4.31 Å². The van der Waals surface area contributed by atoms with Crippen molar-refractivity contribution in [3.8, 4) is 0 Å². The van der Waals surface area contributed by atoms with Gasteiger partial charge < -0.3 is 0 Å². The van der Waals surface area contributed by atoms with Crippen LogP contribution in [0, 0.1) is 0 Å². The summed E-state index contributed by atoms with van der Waals surface area (Å²) >= 11 is 0. The summed E-state index contributed by atoms with van der Waals surface area (Å²) < 4.78 is 27.7. The van der Waals surface area contributed by atoms with Crippen molar-refractivity contribution in [2.45, 2.75) is 36.6 Å². The molecular weight excluding hydrogens is 358 g/mol. The molecule has 1 amide bonds. The number of amides is 1. The van der Waals surface area contributed by atoms with Crippen molar-refractivity contribution in [2.75, 3.05) is 0 Å². The predicted octanol–water partition coefficient (Wildman–Crippen LogP) is 3.95. The molecule has 27 heavy (non-hydrogen) atoms. The molecule has 2 aromatic carbocycles. The summed E-state index contributed by atoms with van der Waals surface area (Å²) in [5.74, 6) is -0.421. The maximum atomic E-state index is 13.4. The van der Waals surface area contributed by atoms with Gasteiger partial charge in [-0.2, -0.15) is 0 Å². The molecule has 1 unspecified atom stereocenters. The summed E-state index contributed by atoms with van der Waals surface area (Å²) in [4.78, 5) is 13.6. The van der Waals surface area contributed by atoms with Crippen LogP contribution in [0.3, 0.4) is 0 Å². The molecule has 0 saturated carbocycles. The number of sulfonamides is 1. The zero-order valence-corrected chi connectivity index (χ0v) is 15.8. The lowest BCUT2D eigenvalue weighted by Gasteiger charge is -2.26. The smallest absolute Gasteiger partial charge is 0.268 e. The highest BCUT2D eigenvalue weighted by Gasteiger charge is 2.46. The molecule has 1 aliphatic carbocycles. The number of fused-ring (bicyclic) bond motifs is 2. The molecule has 1 atom stereocenters. The number of carbonyl (C=O) groups excluding carboxylic acids is 1. The van der Waals surface area contributed by atoms with Gasteiger partial charge >= 0.3 is 0 Å². The minimum Gasteiger partial charge on any atom is -0.268 e. The molecule has 0 aromatic heterocycles. The van der Waals surface area contributed by atoms with Crippen LogP contribution >= 0.6 is 0 Å². The summed E-state index contributed by atoms with van der Waals surface area (Å²) in [6, 6.07) is 15.5. The van der Waals surface area contributed by atoms with Crippen LogP contribution in [0.4, 0.5) is 0 Å². The number of hydrogen-bond donors (Lipinski definition) is 0. The van der Waals surface area contributed by atoms with Crippen molar-refractivity contribution < 1.29 is 13.2 Å². The lowest BCUT2D eigenvalue weighted by Crippen LogP contribution is -2.40. The van der Waals surface area contributed by atoms with E-state index < -0.39 is 22.0 Å². The van der Waals surface area contributed by atoms with E-state index in [9.17, 15) is 13.2 Å². The maximum absolute atomic E-state index is 13.4. The Morgan fingerprint density at radius 1 is 1.04 bits per heavy atom. The number of hydrogen-bond acceptors (Lipinski definition) is 3. The van der Waals surface area contributed by atoms with Crippen LogP contribution in [0.2, 0.25) is 0 Å². The van der Waals surface area contributed by atoms with E-state index in [4.69, 9.17) is 0 Å². The van der Waals surface area contributed by atoms with Gasteiger partial charge in [-0.1, -0.05) is 48.5 Å². The lowest BCUT2D eigenvalue weighted by molar-refractivity contribution is -0.120. The molecule has 5 heteroatoms. The molecule has 2 aliphatic rings. The number of benzene rings is 2.